The first-order chi connectivity index (χ1) is 9.16. The molecule has 4 heteroatoms. The Balaban J connectivity index is 2.79. The van der Waals surface area contributed by atoms with Crippen LogP contribution in [0.2, 0.25) is 5.02 Å². The van der Waals surface area contributed by atoms with Crippen LogP contribution in [0, 0.1) is 5.41 Å². The van der Waals surface area contributed by atoms with Crippen molar-refractivity contribution in [2.45, 2.75) is 33.7 Å². The molecule has 0 bridgehead atoms. The summed E-state index contributed by atoms with van der Waals surface area (Å²) in [5.41, 5.74) is 0.746. The molecule has 1 atom stereocenters. The Bertz CT molecular complexity index is 480. The molecule has 1 aromatic carbocycles. The highest BCUT2D eigenvalue weighted by molar-refractivity contribution is 6.32. The molecule has 0 spiro atoms. The number of hydrogen-bond acceptors (Lipinski definition) is 3. The maximum absolute atomic E-state index is 12.3. The van der Waals surface area contributed by atoms with Crippen molar-refractivity contribution in [3.05, 3.63) is 28.8 Å². The van der Waals surface area contributed by atoms with E-state index in [1.54, 1.807) is 25.3 Å². The summed E-state index contributed by atoms with van der Waals surface area (Å²) >= 11 is 6.05. The molecule has 20 heavy (non-hydrogen) atoms. The average molecular weight is 298 g/mol. The standard InChI is InChI=1S/C16H24ClNO2/c1-11(16(2,3)4)18(5)10-14(19)12-7-8-15(20-6)13(17)9-12/h7-9,11H,10H2,1-6H3. The van der Waals surface area contributed by atoms with E-state index in [0.29, 0.717) is 28.9 Å². The summed E-state index contributed by atoms with van der Waals surface area (Å²) in [7, 11) is 3.53. The van der Waals surface area contributed by atoms with Gasteiger partial charge in [0.15, 0.2) is 5.78 Å². The highest BCUT2D eigenvalue weighted by atomic mass is 35.5. The monoisotopic (exact) mass is 297 g/mol. The van der Waals surface area contributed by atoms with E-state index in [4.69, 9.17) is 16.3 Å². The number of halogens is 1. The molecule has 3 nitrogen and oxygen atoms in total. The van der Waals surface area contributed by atoms with E-state index in [2.05, 4.69) is 32.6 Å². The van der Waals surface area contributed by atoms with Gasteiger partial charge in [0.2, 0.25) is 0 Å². The third-order valence-corrected chi connectivity index (χ3v) is 4.08. The van der Waals surface area contributed by atoms with Crippen LogP contribution in [0.15, 0.2) is 18.2 Å². The molecule has 0 N–H and O–H groups in total. The van der Waals surface area contributed by atoms with Crippen molar-refractivity contribution in [1.82, 2.24) is 4.90 Å². The Morgan fingerprint density at radius 3 is 2.45 bits per heavy atom. The average Bonchev–Trinajstić information content (AvgIpc) is 2.36. The fourth-order valence-electron chi connectivity index (χ4n) is 1.96. The second-order valence-electron chi connectivity index (χ2n) is 6.23. The molecule has 0 radical (unpaired) electrons. The highest BCUT2D eigenvalue weighted by Gasteiger charge is 2.25. The largest absolute Gasteiger partial charge is 0.495 e. The summed E-state index contributed by atoms with van der Waals surface area (Å²) in [4.78, 5) is 14.4. The van der Waals surface area contributed by atoms with Crippen LogP contribution in [0.1, 0.15) is 38.1 Å². The van der Waals surface area contributed by atoms with Gasteiger partial charge in [0.25, 0.3) is 0 Å². The smallest absolute Gasteiger partial charge is 0.176 e. The van der Waals surface area contributed by atoms with E-state index in [9.17, 15) is 4.79 Å². The minimum Gasteiger partial charge on any atom is -0.495 e. The van der Waals surface area contributed by atoms with E-state index in [1.807, 2.05) is 7.05 Å². The third kappa shape index (κ3) is 4.22. The molecule has 0 aliphatic heterocycles. The third-order valence-electron chi connectivity index (χ3n) is 3.78. The molecule has 112 valence electrons. The van der Waals surface area contributed by atoms with E-state index in [1.165, 1.54) is 0 Å². The maximum atomic E-state index is 12.3. The quantitative estimate of drug-likeness (QED) is 0.772. The molecule has 1 unspecified atom stereocenters. The van der Waals surface area contributed by atoms with E-state index in [-0.39, 0.29) is 11.2 Å². The predicted octanol–water partition coefficient (Wildman–Crippen LogP) is 3.90. The maximum Gasteiger partial charge on any atom is 0.176 e. The lowest BCUT2D eigenvalue weighted by Crippen LogP contribution is -2.41. The zero-order valence-corrected chi connectivity index (χ0v) is 13.9. The number of rotatable bonds is 5. The number of carbonyl (C=O) groups excluding carboxylic acids is 1. The zero-order chi connectivity index (χ0) is 15.5. The van der Waals surface area contributed by atoms with Gasteiger partial charge in [-0.15, -0.1) is 0 Å². The number of methoxy groups -OCH3 is 1. The van der Waals surface area contributed by atoms with Gasteiger partial charge >= 0.3 is 0 Å². The fraction of sp³-hybridized carbons (Fsp3) is 0.562. The molecular weight excluding hydrogens is 274 g/mol. The van der Waals surface area contributed by atoms with E-state index < -0.39 is 0 Å². The number of hydrogen-bond donors (Lipinski definition) is 0. The van der Waals surface area contributed by atoms with Crippen molar-refractivity contribution in [3.63, 3.8) is 0 Å². The first kappa shape index (κ1) is 17.0. The number of ketones is 1. The minimum absolute atomic E-state index is 0.0631. The molecule has 0 saturated carbocycles. The van der Waals surface area contributed by atoms with Crippen LogP contribution in [0.4, 0.5) is 0 Å². The number of nitrogens with zero attached hydrogens (tertiary/aromatic N) is 1. The van der Waals surface area contributed by atoms with Crippen molar-refractivity contribution in [2.75, 3.05) is 20.7 Å². The fourth-order valence-corrected chi connectivity index (χ4v) is 2.21. The summed E-state index contributed by atoms with van der Waals surface area (Å²) in [6.45, 7) is 9.02. The number of likely N-dealkylation sites (N-methyl/N-ethyl adjacent to an activating group) is 1. The normalized spacial score (nSPS) is 13.4. The molecule has 0 fully saturated rings. The van der Waals surface area contributed by atoms with Gasteiger partial charge in [-0.05, 0) is 37.6 Å². The molecular formula is C16H24ClNO2. The van der Waals surface area contributed by atoms with Crippen molar-refractivity contribution in [2.24, 2.45) is 5.41 Å². The number of carbonyl (C=O) groups is 1. The molecule has 0 aromatic heterocycles. The second-order valence-corrected chi connectivity index (χ2v) is 6.64. The van der Waals surface area contributed by atoms with Crippen LogP contribution in [0.3, 0.4) is 0 Å². The minimum atomic E-state index is 0.0631. The van der Waals surface area contributed by atoms with Crippen LogP contribution in [0.5, 0.6) is 5.75 Å². The van der Waals surface area contributed by atoms with Crippen molar-refractivity contribution < 1.29 is 9.53 Å². The number of Topliss-reactive ketones (excluding diaryl/α,β-unsaturated/α-hetero) is 1. The van der Waals surface area contributed by atoms with Gasteiger partial charge < -0.3 is 4.74 Å². The Hall–Kier alpha value is -1.06. The summed E-state index contributed by atoms with van der Waals surface area (Å²) in [6, 6.07) is 5.45. The number of ether oxygens (including phenoxy) is 1. The van der Waals surface area contributed by atoms with Crippen LogP contribution in [-0.2, 0) is 0 Å². The van der Waals surface area contributed by atoms with Crippen LogP contribution < -0.4 is 4.74 Å². The lowest BCUT2D eigenvalue weighted by molar-refractivity contribution is 0.0853. The Labute approximate surface area is 126 Å². The van der Waals surface area contributed by atoms with Gasteiger partial charge in [-0.3, -0.25) is 9.69 Å². The second kappa shape index (κ2) is 6.59. The SMILES string of the molecule is COc1ccc(C(=O)CN(C)C(C)C(C)(C)C)cc1Cl. The molecule has 1 rings (SSSR count). The molecule has 0 aliphatic rings. The first-order valence-corrected chi connectivity index (χ1v) is 7.11. The lowest BCUT2D eigenvalue weighted by atomic mass is 9.87. The first-order valence-electron chi connectivity index (χ1n) is 6.73. The van der Waals surface area contributed by atoms with Crippen LogP contribution >= 0.6 is 11.6 Å². The van der Waals surface area contributed by atoms with E-state index in [0.717, 1.165) is 0 Å². The molecule has 0 saturated heterocycles. The molecule has 1 aromatic rings. The Morgan fingerprint density at radius 1 is 1.40 bits per heavy atom. The van der Waals surface area contributed by atoms with Crippen molar-refractivity contribution >= 4 is 17.4 Å². The molecule has 0 heterocycles. The van der Waals surface area contributed by atoms with Gasteiger partial charge in [-0.2, -0.15) is 0 Å². The summed E-state index contributed by atoms with van der Waals surface area (Å²) in [5.74, 6) is 0.646. The summed E-state index contributed by atoms with van der Waals surface area (Å²) in [6.07, 6.45) is 0. The highest BCUT2D eigenvalue weighted by Crippen LogP contribution is 2.26. The predicted molar refractivity (Wildman–Crippen MR) is 83.9 cm³/mol. The summed E-state index contributed by atoms with van der Waals surface area (Å²) in [5, 5.41) is 0.463. The Morgan fingerprint density at radius 2 is 2.00 bits per heavy atom. The van der Waals surface area contributed by atoms with Gasteiger partial charge in [0, 0.05) is 11.6 Å². The topological polar surface area (TPSA) is 29.5 Å². The lowest BCUT2D eigenvalue weighted by Gasteiger charge is -2.35. The van der Waals surface area contributed by atoms with Crippen molar-refractivity contribution in [1.29, 1.82) is 0 Å². The van der Waals surface area contributed by atoms with Crippen LogP contribution in [-0.4, -0.2) is 37.4 Å². The number of benzene rings is 1. The van der Waals surface area contributed by atoms with Gasteiger partial charge in [0.1, 0.15) is 5.75 Å². The van der Waals surface area contributed by atoms with Gasteiger partial charge in [0.05, 0.1) is 18.7 Å². The zero-order valence-electron chi connectivity index (χ0n) is 13.2. The van der Waals surface area contributed by atoms with E-state index >= 15 is 0 Å². The Kier molecular flexibility index (Phi) is 5.60. The summed E-state index contributed by atoms with van der Waals surface area (Å²) < 4.78 is 5.09. The van der Waals surface area contributed by atoms with Crippen LogP contribution in [0.25, 0.3) is 0 Å². The van der Waals surface area contributed by atoms with Crippen molar-refractivity contribution in [3.8, 4) is 5.75 Å². The molecule has 0 aliphatic carbocycles. The molecule has 0 amide bonds. The van der Waals surface area contributed by atoms with Gasteiger partial charge in [-0.25, -0.2) is 0 Å². The van der Waals surface area contributed by atoms with Gasteiger partial charge in [-0.1, -0.05) is 32.4 Å².